The average Bonchev–Trinajstić information content (AvgIpc) is 2.73. The van der Waals surface area contributed by atoms with Crippen LogP contribution in [0.25, 0.3) is 0 Å². The van der Waals surface area contributed by atoms with E-state index < -0.39 is 23.6 Å². The lowest BCUT2D eigenvalue weighted by atomic mass is 9.89. The highest BCUT2D eigenvalue weighted by Gasteiger charge is 2.49. The molecule has 0 aromatic heterocycles. The summed E-state index contributed by atoms with van der Waals surface area (Å²) in [4.78, 5) is 23.0. The third kappa shape index (κ3) is 2.49. The first-order valence-corrected chi connectivity index (χ1v) is 6.18. The second kappa shape index (κ2) is 4.30. The highest BCUT2D eigenvalue weighted by Crippen LogP contribution is 2.43. The van der Waals surface area contributed by atoms with Gasteiger partial charge in [-0.3, -0.25) is 4.79 Å². The van der Waals surface area contributed by atoms with Gasteiger partial charge < -0.3 is 15.2 Å². The summed E-state index contributed by atoms with van der Waals surface area (Å²) in [6, 6.07) is -0.354. The summed E-state index contributed by atoms with van der Waals surface area (Å²) in [5.41, 5.74) is -0.573. The van der Waals surface area contributed by atoms with Gasteiger partial charge in [-0.05, 0) is 39.0 Å². The zero-order chi connectivity index (χ0) is 13.5. The van der Waals surface area contributed by atoms with Crippen molar-refractivity contribution in [2.45, 2.75) is 38.8 Å². The van der Waals surface area contributed by atoms with Crippen molar-refractivity contribution in [2.24, 2.45) is 17.8 Å². The van der Waals surface area contributed by atoms with E-state index in [0.29, 0.717) is 0 Å². The zero-order valence-electron chi connectivity index (χ0n) is 10.8. The van der Waals surface area contributed by atoms with Gasteiger partial charge in [0, 0.05) is 0 Å². The summed E-state index contributed by atoms with van der Waals surface area (Å²) >= 11 is 0. The number of allylic oxidation sites excluding steroid dienone is 1. The Kier molecular flexibility index (Phi) is 3.09. The smallest absolute Gasteiger partial charge is 0.407 e. The van der Waals surface area contributed by atoms with Crippen molar-refractivity contribution in [3.63, 3.8) is 0 Å². The fraction of sp³-hybridized carbons (Fsp3) is 0.692. The van der Waals surface area contributed by atoms with Gasteiger partial charge >= 0.3 is 12.1 Å². The van der Waals surface area contributed by atoms with Gasteiger partial charge in [0.05, 0.1) is 12.0 Å². The number of ether oxygens (including phenoxy) is 1. The second-order valence-electron chi connectivity index (χ2n) is 5.98. The minimum Gasteiger partial charge on any atom is -0.481 e. The Bertz CT molecular complexity index is 396. The standard InChI is InChI=1S/C13H19NO4/c1-13(2,3)18-12(17)14-10-8-5-4-7(6-8)9(10)11(15)16/h4-5,7-10H,6H2,1-3H3,(H,14,17)(H,15,16)/t7-,8+,9?,10-/m0/s1. The van der Waals surface area contributed by atoms with Gasteiger partial charge in [0.1, 0.15) is 5.60 Å². The Balaban J connectivity index is 2.02. The van der Waals surface area contributed by atoms with Crippen LogP contribution < -0.4 is 5.32 Å². The lowest BCUT2D eigenvalue weighted by Crippen LogP contribution is -2.47. The number of aliphatic carboxylic acids is 1. The fourth-order valence-electron chi connectivity index (χ4n) is 2.80. The van der Waals surface area contributed by atoms with E-state index in [1.54, 1.807) is 20.8 Å². The van der Waals surface area contributed by atoms with Gasteiger partial charge in [0.2, 0.25) is 0 Å². The molecule has 2 bridgehead atoms. The number of hydrogen-bond donors (Lipinski definition) is 2. The Morgan fingerprint density at radius 3 is 2.44 bits per heavy atom. The maximum atomic E-state index is 11.7. The molecule has 2 N–H and O–H groups in total. The van der Waals surface area contributed by atoms with E-state index in [4.69, 9.17) is 4.74 Å². The van der Waals surface area contributed by atoms with Crippen molar-refractivity contribution >= 4 is 12.1 Å². The van der Waals surface area contributed by atoms with Gasteiger partial charge in [-0.1, -0.05) is 12.2 Å². The minimum absolute atomic E-state index is 0.0347. The summed E-state index contributed by atoms with van der Waals surface area (Å²) in [5.74, 6) is -1.24. The maximum absolute atomic E-state index is 11.7. The van der Waals surface area contributed by atoms with Crippen molar-refractivity contribution in [1.82, 2.24) is 5.32 Å². The first-order chi connectivity index (χ1) is 8.28. The molecule has 1 fully saturated rings. The van der Waals surface area contributed by atoms with E-state index in [9.17, 15) is 14.7 Å². The van der Waals surface area contributed by atoms with E-state index in [2.05, 4.69) is 5.32 Å². The van der Waals surface area contributed by atoms with Crippen LogP contribution in [-0.2, 0) is 9.53 Å². The molecule has 2 aliphatic carbocycles. The summed E-state index contributed by atoms with van der Waals surface area (Å²) in [6.45, 7) is 5.34. The number of carbonyl (C=O) groups is 2. The molecule has 4 atom stereocenters. The molecule has 0 radical (unpaired) electrons. The van der Waals surface area contributed by atoms with Gasteiger partial charge in [-0.15, -0.1) is 0 Å². The number of fused-ring (bicyclic) bond motifs is 2. The number of alkyl carbamates (subject to hydrolysis) is 1. The van der Waals surface area contributed by atoms with E-state index in [1.165, 1.54) is 0 Å². The molecule has 0 aliphatic heterocycles. The Morgan fingerprint density at radius 1 is 1.28 bits per heavy atom. The molecule has 0 aromatic carbocycles. The highest BCUT2D eigenvalue weighted by molar-refractivity contribution is 5.75. The van der Waals surface area contributed by atoms with Crippen LogP contribution in [-0.4, -0.2) is 28.8 Å². The predicted molar refractivity (Wildman–Crippen MR) is 65.0 cm³/mol. The molecule has 5 heteroatoms. The molecule has 1 unspecified atom stereocenters. The third-order valence-electron chi connectivity index (χ3n) is 3.43. The SMILES string of the molecule is CC(C)(C)OC(=O)N[C@@H]1C(C(=O)O)[C@H]2C=C[C@@H]1C2. The monoisotopic (exact) mass is 253 g/mol. The Hall–Kier alpha value is -1.52. The molecule has 5 nitrogen and oxygen atoms in total. The van der Waals surface area contributed by atoms with Crippen LogP contribution in [0.1, 0.15) is 27.2 Å². The Morgan fingerprint density at radius 2 is 1.89 bits per heavy atom. The number of nitrogens with one attached hydrogen (secondary N) is 1. The van der Waals surface area contributed by atoms with Crippen LogP contribution >= 0.6 is 0 Å². The van der Waals surface area contributed by atoms with Crippen molar-refractivity contribution in [3.05, 3.63) is 12.2 Å². The number of hydrogen-bond acceptors (Lipinski definition) is 3. The summed E-state index contributed by atoms with van der Waals surface area (Å²) in [7, 11) is 0. The van der Waals surface area contributed by atoms with Crippen molar-refractivity contribution in [1.29, 1.82) is 0 Å². The molecule has 1 amide bonds. The number of rotatable bonds is 2. The van der Waals surface area contributed by atoms with E-state index >= 15 is 0 Å². The van der Waals surface area contributed by atoms with Crippen molar-refractivity contribution in [3.8, 4) is 0 Å². The van der Waals surface area contributed by atoms with Crippen molar-refractivity contribution < 1.29 is 19.4 Å². The van der Waals surface area contributed by atoms with Gasteiger partial charge in [-0.25, -0.2) is 4.79 Å². The first kappa shape index (κ1) is 12.9. The lowest BCUT2D eigenvalue weighted by molar-refractivity contribution is -0.143. The lowest BCUT2D eigenvalue weighted by Gasteiger charge is -2.27. The molecule has 0 heterocycles. The zero-order valence-corrected chi connectivity index (χ0v) is 10.8. The number of carboxylic acid groups (broad SMARTS) is 1. The molecule has 0 spiro atoms. The summed E-state index contributed by atoms with van der Waals surface area (Å²) in [5, 5.41) is 11.9. The topological polar surface area (TPSA) is 75.6 Å². The van der Waals surface area contributed by atoms with E-state index in [1.807, 2.05) is 12.2 Å². The van der Waals surface area contributed by atoms with Crippen LogP contribution in [0.4, 0.5) is 4.79 Å². The van der Waals surface area contributed by atoms with Crippen LogP contribution in [0, 0.1) is 17.8 Å². The molecular weight excluding hydrogens is 234 g/mol. The molecule has 18 heavy (non-hydrogen) atoms. The second-order valence-corrected chi connectivity index (χ2v) is 5.98. The third-order valence-corrected chi connectivity index (χ3v) is 3.43. The maximum Gasteiger partial charge on any atom is 0.407 e. The number of carbonyl (C=O) groups excluding carboxylic acids is 1. The normalized spacial score (nSPS) is 33.5. The quantitative estimate of drug-likeness (QED) is 0.736. The van der Waals surface area contributed by atoms with E-state index in [0.717, 1.165) is 6.42 Å². The number of carboxylic acids is 1. The highest BCUT2D eigenvalue weighted by atomic mass is 16.6. The Labute approximate surface area is 106 Å². The van der Waals surface area contributed by atoms with Crippen molar-refractivity contribution in [2.75, 3.05) is 0 Å². The first-order valence-electron chi connectivity index (χ1n) is 6.18. The molecule has 0 saturated heterocycles. The van der Waals surface area contributed by atoms with Gasteiger partial charge in [-0.2, -0.15) is 0 Å². The predicted octanol–water partition coefficient (Wildman–Crippen LogP) is 1.79. The number of amides is 1. The van der Waals surface area contributed by atoms with Gasteiger partial charge in [0.25, 0.3) is 0 Å². The molecular formula is C13H19NO4. The molecule has 2 rings (SSSR count). The minimum atomic E-state index is -0.854. The molecule has 100 valence electrons. The molecule has 2 aliphatic rings. The van der Waals surface area contributed by atoms with Crippen LogP contribution in [0.2, 0.25) is 0 Å². The average molecular weight is 253 g/mol. The summed E-state index contributed by atoms with van der Waals surface area (Å²) < 4.78 is 5.17. The van der Waals surface area contributed by atoms with Crippen LogP contribution in [0.3, 0.4) is 0 Å². The van der Waals surface area contributed by atoms with Crippen LogP contribution in [0.5, 0.6) is 0 Å². The summed E-state index contributed by atoms with van der Waals surface area (Å²) in [6.07, 6.45) is 4.19. The van der Waals surface area contributed by atoms with Gasteiger partial charge in [0.15, 0.2) is 0 Å². The fourth-order valence-corrected chi connectivity index (χ4v) is 2.80. The molecule has 1 saturated carbocycles. The van der Waals surface area contributed by atoms with Crippen LogP contribution in [0.15, 0.2) is 12.2 Å². The molecule has 0 aromatic rings. The van der Waals surface area contributed by atoms with E-state index in [-0.39, 0.29) is 17.9 Å². The largest absolute Gasteiger partial charge is 0.481 e.